The van der Waals surface area contributed by atoms with E-state index >= 15 is 0 Å². The van der Waals surface area contributed by atoms with Crippen LogP contribution in [0.2, 0.25) is 0 Å². The minimum atomic E-state index is -1.02. The van der Waals surface area contributed by atoms with Gasteiger partial charge >= 0.3 is 17.9 Å². The number of aliphatic carboxylic acids is 1. The van der Waals surface area contributed by atoms with Crippen LogP contribution in [0.4, 0.5) is 0 Å². The molecule has 0 bridgehead atoms. The number of carbonyl (C=O) groups excluding carboxylic acids is 2. The quantitative estimate of drug-likeness (QED) is 0.286. The minimum absolute atomic E-state index is 0.0170. The molecule has 1 aromatic rings. The Bertz CT molecular complexity index is 678. The summed E-state index contributed by atoms with van der Waals surface area (Å²) in [6.07, 6.45) is 1.52. The average molecular weight is 426 g/mol. The number of hydrogen-bond acceptors (Lipinski definition) is 8. The molecule has 8 N–H and O–H groups in total. The molecule has 4 atom stereocenters. The third kappa shape index (κ3) is 10.9. The SMILES string of the molecule is CC[C@H](C)[C@H](N)C(=O)OC(=O)[C@@H](N)CC(C)C.N[C@@H](Cc1ccc(O)cc1)C(=O)O. The van der Waals surface area contributed by atoms with E-state index in [1.807, 2.05) is 27.7 Å². The van der Waals surface area contributed by atoms with Gasteiger partial charge in [0.15, 0.2) is 0 Å². The van der Waals surface area contributed by atoms with Gasteiger partial charge < -0.3 is 32.2 Å². The number of carboxylic acids is 1. The van der Waals surface area contributed by atoms with E-state index in [1.54, 1.807) is 12.1 Å². The van der Waals surface area contributed by atoms with Crippen LogP contribution in [-0.4, -0.2) is 46.2 Å². The number of esters is 2. The fourth-order valence-corrected chi connectivity index (χ4v) is 2.31. The monoisotopic (exact) mass is 425 g/mol. The van der Waals surface area contributed by atoms with Crippen LogP contribution >= 0.6 is 0 Å². The van der Waals surface area contributed by atoms with Crippen molar-refractivity contribution in [2.24, 2.45) is 29.0 Å². The third-order valence-corrected chi connectivity index (χ3v) is 4.47. The number of rotatable bonds is 9. The second kappa shape index (κ2) is 13.7. The van der Waals surface area contributed by atoms with Crippen molar-refractivity contribution >= 4 is 17.9 Å². The van der Waals surface area contributed by atoms with Gasteiger partial charge in [-0.15, -0.1) is 0 Å². The first kappa shape index (κ1) is 27.5. The van der Waals surface area contributed by atoms with Crippen molar-refractivity contribution in [3.63, 3.8) is 0 Å². The molecule has 0 saturated carbocycles. The lowest BCUT2D eigenvalue weighted by molar-refractivity contribution is -0.162. The first-order valence-corrected chi connectivity index (χ1v) is 9.91. The van der Waals surface area contributed by atoms with Gasteiger partial charge in [-0.3, -0.25) is 4.79 Å². The van der Waals surface area contributed by atoms with Crippen molar-refractivity contribution in [3.8, 4) is 5.75 Å². The summed E-state index contributed by atoms with van der Waals surface area (Å²) >= 11 is 0. The van der Waals surface area contributed by atoms with Crippen LogP contribution in [0.5, 0.6) is 5.75 Å². The molecule has 170 valence electrons. The second-order valence-electron chi connectivity index (χ2n) is 7.70. The number of carbonyl (C=O) groups is 3. The Kier molecular flexibility index (Phi) is 12.5. The molecule has 0 aliphatic carbocycles. The van der Waals surface area contributed by atoms with Gasteiger partial charge in [-0.1, -0.05) is 46.2 Å². The molecule has 9 nitrogen and oxygen atoms in total. The van der Waals surface area contributed by atoms with Gasteiger partial charge in [-0.2, -0.15) is 0 Å². The zero-order valence-electron chi connectivity index (χ0n) is 18.1. The van der Waals surface area contributed by atoms with Gasteiger partial charge in [0.25, 0.3) is 0 Å². The number of phenols is 1. The Balaban J connectivity index is 0.000000579. The van der Waals surface area contributed by atoms with Gasteiger partial charge in [0.2, 0.25) is 0 Å². The van der Waals surface area contributed by atoms with Crippen molar-refractivity contribution in [2.75, 3.05) is 0 Å². The van der Waals surface area contributed by atoms with Crippen molar-refractivity contribution < 1.29 is 29.3 Å². The number of ether oxygens (including phenoxy) is 1. The second-order valence-corrected chi connectivity index (χ2v) is 7.70. The fraction of sp³-hybridized carbons (Fsp3) is 0.571. The summed E-state index contributed by atoms with van der Waals surface area (Å²) in [4.78, 5) is 33.4. The lowest BCUT2D eigenvalue weighted by Gasteiger charge is -2.18. The normalized spacial score (nSPS) is 14.7. The van der Waals surface area contributed by atoms with Crippen LogP contribution in [0.1, 0.15) is 46.1 Å². The summed E-state index contributed by atoms with van der Waals surface area (Å²) in [7, 11) is 0. The maximum Gasteiger partial charge on any atom is 0.330 e. The third-order valence-electron chi connectivity index (χ3n) is 4.47. The van der Waals surface area contributed by atoms with E-state index in [0.717, 1.165) is 12.0 Å². The summed E-state index contributed by atoms with van der Waals surface area (Å²) in [6, 6.07) is 3.90. The summed E-state index contributed by atoms with van der Waals surface area (Å²) in [6.45, 7) is 7.65. The molecule has 9 heteroatoms. The molecular formula is C21H35N3O6. The number of nitrogens with two attached hydrogens (primary N) is 3. The molecule has 0 saturated heterocycles. The molecule has 0 heterocycles. The molecule has 30 heavy (non-hydrogen) atoms. The number of benzene rings is 1. The van der Waals surface area contributed by atoms with E-state index in [1.165, 1.54) is 12.1 Å². The van der Waals surface area contributed by atoms with Gasteiger partial charge in [0, 0.05) is 0 Å². The van der Waals surface area contributed by atoms with Crippen LogP contribution in [-0.2, 0) is 25.5 Å². The zero-order chi connectivity index (χ0) is 23.4. The maximum absolute atomic E-state index is 11.5. The minimum Gasteiger partial charge on any atom is -0.508 e. The molecule has 0 amide bonds. The van der Waals surface area contributed by atoms with Crippen LogP contribution in [0.25, 0.3) is 0 Å². The van der Waals surface area contributed by atoms with Crippen molar-refractivity contribution in [1.29, 1.82) is 0 Å². The van der Waals surface area contributed by atoms with Gasteiger partial charge in [0.05, 0.1) is 0 Å². The predicted octanol–water partition coefficient (Wildman–Crippen LogP) is 1.15. The summed E-state index contributed by atoms with van der Waals surface area (Å²) < 4.78 is 4.67. The molecule has 0 spiro atoms. The molecule has 1 rings (SSSR count). The largest absolute Gasteiger partial charge is 0.508 e. The van der Waals surface area contributed by atoms with Gasteiger partial charge in [-0.25, -0.2) is 9.59 Å². The Morgan fingerprint density at radius 2 is 1.50 bits per heavy atom. The average Bonchev–Trinajstić information content (AvgIpc) is 2.68. The van der Waals surface area contributed by atoms with Crippen molar-refractivity contribution in [3.05, 3.63) is 29.8 Å². The molecule has 0 unspecified atom stereocenters. The van der Waals surface area contributed by atoms with E-state index in [9.17, 15) is 14.4 Å². The number of phenolic OH excluding ortho intramolecular Hbond substituents is 1. The predicted molar refractivity (Wildman–Crippen MR) is 113 cm³/mol. The zero-order valence-corrected chi connectivity index (χ0v) is 18.1. The molecule has 1 aromatic carbocycles. The summed E-state index contributed by atoms with van der Waals surface area (Å²) in [5.74, 6) is -1.99. The fourth-order valence-electron chi connectivity index (χ4n) is 2.31. The van der Waals surface area contributed by atoms with E-state index in [2.05, 4.69) is 4.74 Å². The molecular weight excluding hydrogens is 390 g/mol. The van der Waals surface area contributed by atoms with Gasteiger partial charge in [0.1, 0.15) is 23.9 Å². The van der Waals surface area contributed by atoms with Gasteiger partial charge in [-0.05, 0) is 42.4 Å². The Labute approximate surface area is 177 Å². The topological polar surface area (TPSA) is 179 Å². The number of carboxylic acid groups (broad SMARTS) is 1. The van der Waals surface area contributed by atoms with E-state index in [4.69, 9.17) is 27.4 Å². The Morgan fingerprint density at radius 3 is 1.93 bits per heavy atom. The highest BCUT2D eigenvalue weighted by atomic mass is 16.6. The lowest BCUT2D eigenvalue weighted by atomic mass is 10.0. The molecule has 0 fully saturated rings. The smallest absolute Gasteiger partial charge is 0.330 e. The molecule has 0 aliphatic rings. The lowest BCUT2D eigenvalue weighted by Crippen LogP contribution is -2.42. The number of aromatic hydroxyl groups is 1. The van der Waals surface area contributed by atoms with Crippen LogP contribution in [0.15, 0.2) is 24.3 Å². The highest BCUT2D eigenvalue weighted by Gasteiger charge is 2.26. The number of hydrogen-bond donors (Lipinski definition) is 5. The van der Waals surface area contributed by atoms with Crippen LogP contribution in [0.3, 0.4) is 0 Å². The highest BCUT2D eigenvalue weighted by molar-refractivity contribution is 5.90. The first-order valence-electron chi connectivity index (χ1n) is 9.91. The molecule has 0 aliphatic heterocycles. The van der Waals surface area contributed by atoms with Crippen LogP contribution < -0.4 is 17.2 Å². The van der Waals surface area contributed by atoms with E-state index in [0.29, 0.717) is 6.42 Å². The first-order chi connectivity index (χ1) is 13.9. The standard InChI is InChI=1S/C12H24N2O3.C9H11NO3/c1-5-8(4)10(14)12(16)17-11(15)9(13)6-7(2)3;10-8(9(12)13)5-6-1-3-7(11)4-2-6/h7-10H,5-6,13-14H2,1-4H3;1-4,8,11H,5,10H2,(H,12,13)/t8-,9-,10-;8-/m00/s1. The summed E-state index contributed by atoms with van der Waals surface area (Å²) in [5.41, 5.74) is 17.4. The molecule has 0 aromatic heterocycles. The van der Waals surface area contributed by atoms with E-state index in [-0.39, 0.29) is 24.0 Å². The maximum atomic E-state index is 11.5. The highest BCUT2D eigenvalue weighted by Crippen LogP contribution is 2.11. The van der Waals surface area contributed by atoms with Crippen molar-refractivity contribution in [1.82, 2.24) is 0 Å². The van der Waals surface area contributed by atoms with Crippen LogP contribution in [0, 0.1) is 11.8 Å². The Hall–Kier alpha value is -2.49. The van der Waals surface area contributed by atoms with E-state index < -0.39 is 36.0 Å². The molecule has 0 radical (unpaired) electrons. The van der Waals surface area contributed by atoms with Crippen molar-refractivity contribution in [2.45, 2.75) is 65.1 Å². The summed E-state index contributed by atoms with van der Waals surface area (Å²) in [5, 5.41) is 17.5. The Morgan fingerprint density at radius 1 is 0.967 bits per heavy atom.